The molecule has 1 fully saturated rings. The molecule has 5 rings (SSSR count). The van der Waals surface area contributed by atoms with Gasteiger partial charge in [-0.3, -0.25) is 9.69 Å². The zero-order valence-corrected chi connectivity index (χ0v) is 21.8. The quantitative estimate of drug-likeness (QED) is 0.319. The van der Waals surface area contributed by atoms with E-state index in [2.05, 4.69) is 25.4 Å². The molecule has 11 nitrogen and oxygen atoms in total. The van der Waals surface area contributed by atoms with E-state index in [0.29, 0.717) is 54.6 Å². The van der Waals surface area contributed by atoms with Crippen LogP contribution in [0, 0.1) is 0 Å². The summed E-state index contributed by atoms with van der Waals surface area (Å²) in [5, 5.41) is 13.3. The Bertz CT molecular complexity index is 1450. The van der Waals surface area contributed by atoms with Crippen molar-refractivity contribution in [2.75, 3.05) is 27.9 Å². The number of hydrogen-bond donors (Lipinski definition) is 1. The van der Waals surface area contributed by atoms with Gasteiger partial charge in [-0.1, -0.05) is 18.2 Å². The lowest BCUT2D eigenvalue weighted by molar-refractivity contribution is 0.0914. The van der Waals surface area contributed by atoms with Crippen LogP contribution in [0.2, 0.25) is 0 Å². The lowest BCUT2D eigenvalue weighted by Crippen LogP contribution is -2.29. The first-order valence-electron chi connectivity index (χ1n) is 12.6. The van der Waals surface area contributed by atoms with E-state index in [4.69, 9.17) is 18.9 Å². The topological polar surface area (TPSA) is 117 Å². The van der Waals surface area contributed by atoms with E-state index in [1.165, 1.54) is 0 Å². The molecule has 0 unspecified atom stereocenters. The van der Waals surface area contributed by atoms with Crippen molar-refractivity contribution >= 4 is 10.9 Å². The molecule has 0 radical (unpaired) electrons. The Morgan fingerprint density at radius 1 is 1.00 bits per heavy atom. The van der Waals surface area contributed by atoms with Crippen LogP contribution in [-0.2, 0) is 30.9 Å². The van der Waals surface area contributed by atoms with Crippen molar-refractivity contribution in [1.82, 2.24) is 30.1 Å². The van der Waals surface area contributed by atoms with Crippen LogP contribution in [0.3, 0.4) is 0 Å². The number of tetrazole rings is 1. The summed E-state index contributed by atoms with van der Waals surface area (Å²) in [5.41, 5.74) is 2.11. The number of aromatic nitrogens is 5. The molecular weight excluding hydrogens is 488 g/mol. The van der Waals surface area contributed by atoms with E-state index in [-0.39, 0.29) is 11.7 Å². The fourth-order valence-electron chi connectivity index (χ4n) is 4.84. The van der Waals surface area contributed by atoms with Gasteiger partial charge in [0.25, 0.3) is 5.56 Å². The van der Waals surface area contributed by atoms with Crippen LogP contribution < -0.4 is 19.8 Å². The average molecular weight is 521 g/mol. The lowest BCUT2D eigenvalue weighted by Gasteiger charge is -2.23. The van der Waals surface area contributed by atoms with Gasteiger partial charge < -0.3 is 23.9 Å². The first-order valence-corrected chi connectivity index (χ1v) is 12.6. The van der Waals surface area contributed by atoms with Gasteiger partial charge in [0, 0.05) is 42.3 Å². The maximum Gasteiger partial charge on any atom is 0.252 e. The van der Waals surface area contributed by atoms with E-state index in [9.17, 15) is 4.79 Å². The molecule has 4 aromatic rings. The van der Waals surface area contributed by atoms with E-state index < -0.39 is 0 Å². The molecule has 38 heavy (non-hydrogen) atoms. The molecule has 0 spiro atoms. The molecule has 1 aliphatic rings. The summed E-state index contributed by atoms with van der Waals surface area (Å²) < 4.78 is 24.0. The van der Waals surface area contributed by atoms with Crippen molar-refractivity contribution in [1.29, 1.82) is 0 Å². The molecule has 2 aromatic carbocycles. The highest BCUT2D eigenvalue weighted by Gasteiger charge is 2.21. The number of methoxy groups -OCH3 is 3. The van der Waals surface area contributed by atoms with E-state index in [1.807, 2.05) is 36.4 Å². The molecule has 1 aliphatic heterocycles. The standard InChI is InChI=1S/C27H32N6O5/c1-35-23-9-5-4-7-18(23)14-32(17-26-29-30-31-33(26)16-21-8-6-10-38-21)15-20-11-19-12-24(36-2)25(37-3)13-22(19)28-27(20)34/h4-5,7,9,11-13,21H,6,8,10,14-17H2,1-3H3,(H,28,34)/t21-/m0/s1. The van der Waals surface area contributed by atoms with Gasteiger partial charge in [0.1, 0.15) is 5.75 Å². The van der Waals surface area contributed by atoms with Crippen molar-refractivity contribution in [3.05, 3.63) is 69.8 Å². The number of rotatable bonds is 11. The van der Waals surface area contributed by atoms with Crippen molar-refractivity contribution in [3.63, 3.8) is 0 Å². The summed E-state index contributed by atoms with van der Waals surface area (Å²) in [4.78, 5) is 18.3. The predicted octanol–water partition coefficient (Wildman–Crippen LogP) is 2.92. The zero-order chi connectivity index (χ0) is 26.5. The molecule has 11 heteroatoms. The summed E-state index contributed by atoms with van der Waals surface area (Å²) >= 11 is 0. The van der Waals surface area contributed by atoms with Crippen molar-refractivity contribution in [2.45, 2.75) is 45.1 Å². The molecule has 1 N–H and O–H groups in total. The van der Waals surface area contributed by atoms with Crippen LogP contribution >= 0.6 is 0 Å². The summed E-state index contributed by atoms with van der Waals surface area (Å²) in [7, 11) is 4.81. The Hall–Kier alpha value is -3.96. The van der Waals surface area contributed by atoms with Gasteiger partial charge >= 0.3 is 0 Å². The van der Waals surface area contributed by atoms with Gasteiger partial charge in [0.2, 0.25) is 0 Å². The Labute approximate surface area is 220 Å². The molecule has 0 amide bonds. The maximum absolute atomic E-state index is 13.2. The minimum absolute atomic E-state index is 0.107. The molecule has 1 saturated heterocycles. The van der Waals surface area contributed by atoms with E-state index in [1.54, 1.807) is 32.1 Å². The Morgan fingerprint density at radius 3 is 2.53 bits per heavy atom. The third kappa shape index (κ3) is 5.63. The number of hydrogen-bond acceptors (Lipinski definition) is 9. The fraction of sp³-hybridized carbons (Fsp3) is 0.407. The predicted molar refractivity (Wildman–Crippen MR) is 140 cm³/mol. The second-order valence-corrected chi connectivity index (χ2v) is 9.29. The number of nitrogens with one attached hydrogen (secondary N) is 1. The highest BCUT2D eigenvalue weighted by molar-refractivity contribution is 5.83. The fourth-order valence-corrected chi connectivity index (χ4v) is 4.84. The van der Waals surface area contributed by atoms with Crippen LogP contribution in [0.15, 0.2) is 47.3 Å². The molecular formula is C27H32N6O5. The lowest BCUT2D eigenvalue weighted by atomic mass is 10.1. The number of H-pyrrole nitrogens is 1. The van der Waals surface area contributed by atoms with E-state index >= 15 is 0 Å². The zero-order valence-electron chi connectivity index (χ0n) is 21.8. The number of aromatic amines is 1. The number of fused-ring (bicyclic) bond motifs is 1. The molecule has 3 heterocycles. The number of nitrogens with zero attached hydrogens (tertiary/aromatic N) is 5. The van der Waals surface area contributed by atoms with Crippen LogP contribution in [0.1, 0.15) is 29.8 Å². The van der Waals surface area contributed by atoms with Gasteiger partial charge in [0.05, 0.1) is 46.0 Å². The normalized spacial score (nSPS) is 15.3. The second-order valence-electron chi connectivity index (χ2n) is 9.29. The summed E-state index contributed by atoms with van der Waals surface area (Å²) in [6.45, 7) is 2.69. The largest absolute Gasteiger partial charge is 0.496 e. The number of benzene rings is 2. The van der Waals surface area contributed by atoms with Gasteiger partial charge in [0.15, 0.2) is 17.3 Å². The molecule has 2 aromatic heterocycles. The SMILES string of the molecule is COc1ccccc1CN(Cc1cc2cc(OC)c(OC)cc2[nH]c1=O)Cc1nnnn1C[C@@H]1CCCO1. The van der Waals surface area contributed by atoms with Crippen LogP contribution in [-0.4, -0.2) is 64.1 Å². The maximum atomic E-state index is 13.2. The molecule has 200 valence electrons. The Kier molecular flexibility index (Phi) is 7.85. The minimum Gasteiger partial charge on any atom is -0.496 e. The monoisotopic (exact) mass is 520 g/mol. The molecule has 0 saturated carbocycles. The third-order valence-electron chi connectivity index (χ3n) is 6.78. The summed E-state index contributed by atoms with van der Waals surface area (Å²) in [6.07, 6.45) is 2.14. The van der Waals surface area contributed by atoms with Gasteiger partial charge in [-0.05, 0) is 41.5 Å². The molecule has 1 atom stereocenters. The number of para-hydroxylation sites is 1. The van der Waals surface area contributed by atoms with Crippen molar-refractivity contribution < 1.29 is 18.9 Å². The van der Waals surface area contributed by atoms with Crippen LogP contribution in [0.25, 0.3) is 10.9 Å². The summed E-state index contributed by atoms with van der Waals surface area (Å²) in [5.74, 6) is 2.64. The highest BCUT2D eigenvalue weighted by atomic mass is 16.5. The average Bonchev–Trinajstić information content (AvgIpc) is 3.61. The van der Waals surface area contributed by atoms with E-state index in [0.717, 1.165) is 36.1 Å². The van der Waals surface area contributed by atoms with Gasteiger partial charge in [-0.15, -0.1) is 5.10 Å². The van der Waals surface area contributed by atoms with Crippen molar-refractivity contribution in [2.24, 2.45) is 0 Å². The Balaban J connectivity index is 1.47. The first-order chi connectivity index (χ1) is 18.6. The number of pyridine rings is 1. The summed E-state index contributed by atoms with van der Waals surface area (Å²) in [6, 6.07) is 13.4. The molecule has 0 aliphatic carbocycles. The smallest absolute Gasteiger partial charge is 0.252 e. The van der Waals surface area contributed by atoms with Crippen molar-refractivity contribution in [3.8, 4) is 17.2 Å². The Morgan fingerprint density at radius 2 is 1.76 bits per heavy atom. The number of ether oxygens (including phenoxy) is 4. The van der Waals surface area contributed by atoms with Crippen LogP contribution in [0.5, 0.6) is 17.2 Å². The van der Waals surface area contributed by atoms with Gasteiger partial charge in [-0.2, -0.15) is 0 Å². The third-order valence-corrected chi connectivity index (χ3v) is 6.78. The minimum atomic E-state index is -0.173. The second kappa shape index (κ2) is 11.6. The first kappa shape index (κ1) is 25.7. The van der Waals surface area contributed by atoms with Gasteiger partial charge in [-0.25, -0.2) is 4.68 Å². The molecule has 0 bridgehead atoms. The van der Waals surface area contributed by atoms with Crippen LogP contribution in [0.4, 0.5) is 0 Å². The highest BCUT2D eigenvalue weighted by Crippen LogP contribution is 2.31.